The number of anilines is 1. The number of nitrogens with zero attached hydrogens (tertiary/aromatic N) is 1. The number of ether oxygens (including phenoxy) is 1. The number of aromatic nitrogens is 1. The first-order chi connectivity index (χ1) is 13.8. The Hall–Kier alpha value is -3.44. The Morgan fingerprint density at radius 2 is 1.57 bits per heavy atom. The minimum atomic E-state index is -0.515. The van der Waals surface area contributed by atoms with Crippen molar-refractivity contribution >= 4 is 23.1 Å². The van der Waals surface area contributed by atoms with Gasteiger partial charge in [-0.1, -0.05) is 48.5 Å². The average molecular weight is 386 g/mol. The van der Waals surface area contributed by atoms with Gasteiger partial charge in [0.15, 0.2) is 0 Å². The number of hydrogen-bond donors (Lipinski definition) is 1. The summed E-state index contributed by atoms with van der Waals surface area (Å²) in [6.07, 6.45) is 2.29. The lowest BCUT2D eigenvalue weighted by Crippen LogP contribution is -2.16. The molecule has 3 aromatic carbocycles. The molecule has 1 N–H and O–H groups in total. The van der Waals surface area contributed by atoms with Crippen molar-refractivity contribution in [2.75, 3.05) is 5.32 Å². The van der Waals surface area contributed by atoms with Crippen molar-refractivity contribution in [1.29, 1.82) is 0 Å². The summed E-state index contributed by atoms with van der Waals surface area (Å²) >= 11 is 1.68. The largest absolute Gasteiger partial charge is 0.417 e. The van der Waals surface area contributed by atoms with Gasteiger partial charge in [-0.2, -0.15) is 0 Å². The summed E-state index contributed by atoms with van der Waals surface area (Å²) in [7, 11) is 0. The van der Waals surface area contributed by atoms with Crippen LogP contribution in [-0.2, 0) is 6.42 Å². The van der Waals surface area contributed by atoms with E-state index in [4.69, 9.17) is 4.74 Å². The number of carbonyl (C=O) groups excluding carboxylic acids is 1. The summed E-state index contributed by atoms with van der Waals surface area (Å²) in [6, 6.07) is 26.9. The second-order valence-corrected chi connectivity index (χ2v) is 7.31. The topological polar surface area (TPSA) is 51.2 Å². The summed E-state index contributed by atoms with van der Waals surface area (Å²) in [5.74, 6) is 0.505. The second-order valence-electron chi connectivity index (χ2n) is 6.20. The van der Waals surface area contributed by atoms with E-state index in [-0.39, 0.29) is 0 Å². The summed E-state index contributed by atoms with van der Waals surface area (Å²) in [4.78, 5) is 17.7. The third kappa shape index (κ3) is 4.64. The molecule has 138 valence electrons. The van der Waals surface area contributed by atoms with E-state index in [0.29, 0.717) is 11.4 Å². The van der Waals surface area contributed by atoms with E-state index in [0.717, 1.165) is 17.0 Å². The van der Waals surface area contributed by atoms with Crippen molar-refractivity contribution in [3.05, 3.63) is 102 Å². The van der Waals surface area contributed by atoms with Crippen LogP contribution in [0.25, 0.3) is 10.6 Å². The van der Waals surface area contributed by atoms with Crippen LogP contribution in [0, 0.1) is 0 Å². The molecule has 0 unspecified atom stereocenters. The maximum Gasteiger partial charge on any atom is 0.417 e. The number of amides is 1. The maximum absolute atomic E-state index is 12.0. The molecule has 4 aromatic rings. The van der Waals surface area contributed by atoms with Crippen LogP contribution in [0.5, 0.6) is 5.75 Å². The van der Waals surface area contributed by atoms with Gasteiger partial charge in [-0.15, -0.1) is 11.3 Å². The third-order valence-electron chi connectivity index (χ3n) is 4.11. The number of hydrogen-bond acceptors (Lipinski definition) is 4. The van der Waals surface area contributed by atoms with Gasteiger partial charge in [-0.3, -0.25) is 5.32 Å². The molecule has 1 heterocycles. The monoisotopic (exact) mass is 386 g/mol. The van der Waals surface area contributed by atoms with Crippen molar-refractivity contribution in [1.82, 2.24) is 4.98 Å². The predicted octanol–water partition coefficient (Wildman–Crippen LogP) is 6.01. The van der Waals surface area contributed by atoms with Crippen LogP contribution in [0.15, 0.2) is 91.1 Å². The second kappa shape index (κ2) is 8.50. The molecule has 0 atom stereocenters. The normalized spacial score (nSPS) is 10.4. The number of benzene rings is 3. The fourth-order valence-electron chi connectivity index (χ4n) is 2.75. The quantitative estimate of drug-likeness (QED) is 0.457. The van der Waals surface area contributed by atoms with Crippen molar-refractivity contribution in [3.63, 3.8) is 0 Å². The highest BCUT2D eigenvalue weighted by atomic mass is 32.1. The molecule has 1 aromatic heterocycles. The zero-order valence-electron chi connectivity index (χ0n) is 15.0. The molecule has 1 amide bonds. The van der Waals surface area contributed by atoms with Crippen LogP contribution in [0.1, 0.15) is 10.4 Å². The summed E-state index contributed by atoms with van der Waals surface area (Å²) in [6.45, 7) is 0. The number of para-hydroxylation sites is 1. The average Bonchev–Trinajstić information content (AvgIpc) is 3.18. The van der Waals surface area contributed by atoms with E-state index in [1.165, 1.54) is 10.4 Å². The van der Waals surface area contributed by atoms with Crippen molar-refractivity contribution in [2.24, 2.45) is 0 Å². The zero-order chi connectivity index (χ0) is 19.2. The van der Waals surface area contributed by atoms with Crippen LogP contribution in [0.3, 0.4) is 0 Å². The lowest BCUT2D eigenvalue weighted by Gasteiger charge is -2.07. The molecule has 28 heavy (non-hydrogen) atoms. The molecular formula is C23H18N2O2S. The Kier molecular flexibility index (Phi) is 5.45. The highest BCUT2D eigenvalue weighted by molar-refractivity contribution is 7.15. The molecular weight excluding hydrogens is 368 g/mol. The number of thiazole rings is 1. The van der Waals surface area contributed by atoms with E-state index < -0.39 is 6.09 Å². The standard InChI is InChI=1S/C23H18N2O2S/c26-23(27-20-9-5-2-6-10-20)25-19-13-11-18(12-14-19)22-24-16-21(28-22)15-17-7-3-1-4-8-17/h1-14,16H,15H2,(H,25,26). The molecule has 0 saturated heterocycles. The lowest BCUT2D eigenvalue weighted by atomic mass is 10.1. The fourth-order valence-corrected chi connectivity index (χ4v) is 3.71. The highest BCUT2D eigenvalue weighted by Gasteiger charge is 2.08. The van der Waals surface area contributed by atoms with Gasteiger partial charge in [0.2, 0.25) is 0 Å². The Morgan fingerprint density at radius 3 is 2.29 bits per heavy atom. The Balaban J connectivity index is 1.39. The summed E-state index contributed by atoms with van der Waals surface area (Å²) < 4.78 is 5.23. The van der Waals surface area contributed by atoms with Gasteiger partial charge >= 0.3 is 6.09 Å². The molecule has 5 heteroatoms. The minimum absolute atomic E-state index is 0.505. The molecule has 0 aliphatic heterocycles. The highest BCUT2D eigenvalue weighted by Crippen LogP contribution is 2.27. The van der Waals surface area contributed by atoms with Crippen LogP contribution in [0.2, 0.25) is 0 Å². The van der Waals surface area contributed by atoms with Gasteiger partial charge < -0.3 is 4.74 Å². The van der Waals surface area contributed by atoms with Crippen LogP contribution in [-0.4, -0.2) is 11.1 Å². The van der Waals surface area contributed by atoms with Gasteiger partial charge in [0.25, 0.3) is 0 Å². The van der Waals surface area contributed by atoms with Crippen molar-refractivity contribution < 1.29 is 9.53 Å². The summed E-state index contributed by atoms with van der Waals surface area (Å²) in [5.41, 5.74) is 2.96. The van der Waals surface area contributed by atoms with E-state index in [1.807, 2.05) is 66.9 Å². The molecule has 0 saturated carbocycles. The molecule has 0 aliphatic carbocycles. The number of nitrogens with one attached hydrogen (secondary N) is 1. The Morgan fingerprint density at radius 1 is 0.893 bits per heavy atom. The first-order valence-corrected chi connectivity index (χ1v) is 9.71. The summed E-state index contributed by atoms with van der Waals surface area (Å²) in [5, 5.41) is 3.69. The van der Waals surface area contributed by atoms with Gasteiger partial charge in [-0.05, 0) is 42.0 Å². The van der Waals surface area contributed by atoms with Crippen LogP contribution >= 0.6 is 11.3 Å². The first kappa shape index (κ1) is 17.9. The molecule has 0 bridgehead atoms. The molecule has 4 rings (SSSR count). The minimum Gasteiger partial charge on any atom is -0.410 e. The molecule has 4 nitrogen and oxygen atoms in total. The molecule has 0 radical (unpaired) electrons. The van der Waals surface area contributed by atoms with Gasteiger partial charge in [0, 0.05) is 28.7 Å². The van der Waals surface area contributed by atoms with Crippen LogP contribution in [0.4, 0.5) is 10.5 Å². The molecule has 0 aliphatic rings. The van der Waals surface area contributed by atoms with Crippen molar-refractivity contribution in [2.45, 2.75) is 6.42 Å². The van der Waals surface area contributed by atoms with Gasteiger partial charge in [-0.25, -0.2) is 9.78 Å². The van der Waals surface area contributed by atoms with Gasteiger partial charge in [0.1, 0.15) is 10.8 Å². The number of carbonyl (C=O) groups is 1. The van der Waals surface area contributed by atoms with Crippen molar-refractivity contribution in [3.8, 4) is 16.3 Å². The SMILES string of the molecule is O=C(Nc1ccc(-c2ncc(Cc3ccccc3)s2)cc1)Oc1ccccc1. The zero-order valence-corrected chi connectivity index (χ0v) is 15.9. The van der Waals surface area contributed by atoms with Gasteiger partial charge in [0.05, 0.1) is 0 Å². The molecule has 0 fully saturated rings. The molecule has 0 spiro atoms. The van der Waals surface area contributed by atoms with E-state index in [1.54, 1.807) is 23.5 Å². The van der Waals surface area contributed by atoms with Crippen LogP contribution < -0.4 is 10.1 Å². The third-order valence-corrected chi connectivity index (χ3v) is 5.15. The maximum atomic E-state index is 12.0. The number of rotatable bonds is 5. The Labute approximate surface area is 167 Å². The van der Waals surface area contributed by atoms with E-state index >= 15 is 0 Å². The lowest BCUT2D eigenvalue weighted by molar-refractivity contribution is 0.215. The predicted molar refractivity (Wildman–Crippen MR) is 113 cm³/mol. The van der Waals surface area contributed by atoms with E-state index in [9.17, 15) is 4.79 Å². The Bertz CT molecular complexity index is 1040. The first-order valence-electron chi connectivity index (χ1n) is 8.89. The smallest absolute Gasteiger partial charge is 0.410 e. The van der Waals surface area contributed by atoms with E-state index in [2.05, 4.69) is 22.4 Å². The fraction of sp³-hybridized carbons (Fsp3) is 0.0435.